The van der Waals surface area contributed by atoms with Crippen molar-refractivity contribution in [2.45, 2.75) is 11.4 Å². The van der Waals surface area contributed by atoms with Gasteiger partial charge in [0.15, 0.2) is 0 Å². The van der Waals surface area contributed by atoms with Crippen LogP contribution >= 0.6 is 23.3 Å². The van der Waals surface area contributed by atoms with Crippen molar-refractivity contribution in [3.05, 3.63) is 53.1 Å². The average molecular weight is 354 g/mol. The van der Waals surface area contributed by atoms with Gasteiger partial charge in [-0.25, -0.2) is 8.42 Å². The van der Waals surface area contributed by atoms with Crippen molar-refractivity contribution < 1.29 is 8.42 Å². The predicted octanol–water partition coefficient (Wildman–Crippen LogP) is 3.17. The van der Waals surface area contributed by atoms with Crippen LogP contribution in [0.5, 0.6) is 0 Å². The number of hydrogen-bond acceptors (Lipinski definition) is 5. The second-order valence-electron chi connectivity index (χ2n) is 4.78. The third-order valence-electron chi connectivity index (χ3n) is 3.23. The molecule has 0 aliphatic rings. The Morgan fingerprint density at radius 1 is 1.18 bits per heavy atom. The summed E-state index contributed by atoms with van der Waals surface area (Å²) in [6, 6.07) is 12.1. The molecule has 0 atom stereocenters. The van der Waals surface area contributed by atoms with Gasteiger partial charge in [0.25, 0.3) is 0 Å². The third-order valence-corrected chi connectivity index (χ3v) is 5.84. The van der Waals surface area contributed by atoms with E-state index in [-0.39, 0.29) is 11.4 Å². The average Bonchev–Trinajstić information content (AvgIpc) is 2.95. The van der Waals surface area contributed by atoms with Crippen LogP contribution in [0.25, 0.3) is 11.0 Å². The van der Waals surface area contributed by atoms with E-state index in [1.807, 2.05) is 6.07 Å². The Kier molecular flexibility index (Phi) is 4.14. The Balaban J connectivity index is 1.97. The molecule has 114 valence electrons. The molecule has 2 aromatic carbocycles. The molecule has 0 amide bonds. The third kappa shape index (κ3) is 2.85. The first-order valence-corrected chi connectivity index (χ1v) is 8.95. The van der Waals surface area contributed by atoms with E-state index in [1.54, 1.807) is 36.4 Å². The maximum Gasteiger partial charge on any atom is 0.245 e. The molecular weight excluding hydrogens is 342 g/mol. The van der Waals surface area contributed by atoms with E-state index in [9.17, 15) is 8.42 Å². The van der Waals surface area contributed by atoms with Crippen LogP contribution < -0.4 is 0 Å². The normalized spacial score (nSPS) is 12.1. The quantitative estimate of drug-likeness (QED) is 0.722. The second-order valence-corrected chi connectivity index (χ2v) is 7.76. The van der Waals surface area contributed by atoms with Crippen LogP contribution in [-0.4, -0.2) is 28.5 Å². The van der Waals surface area contributed by atoms with E-state index in [1.165, 1.54) is 11.4 Å². The van der Waals surface area contributed by atoms with Gasteiger partial charge in [-0.2, -0.15) is 13.1 Å². The van der Waals surface area contributed by atoms with Gasteiger partial charge in [-0.15, -0.1) is 0 Å². The lowest BCUT2D eigenvalue weighted by Gasteiger charge is -2.17. The molecule has 22 heavy (non-hydrogen) atoms. The number of nitrogens with zero attached hydrogens (tertiary/aromatic N) is 3. The lowest BCUT2D eigenvalue weighted by molar-refractivity contribution is 0.467. The smallest absolute Gasteiger partial charge is 0.207 e. The molecule has 0 aliphatic carbocycles. The van der Waals surface area contributed by atoms with E-state index in [0.717, 1.165) is 17.3 Å². The summed E-state index contributed by atoms with van der Waals surface area (Å²) in [6.07, 6.45) is 0. The van der Waals surface area contributed by atoms with Crippen LogP contribution in [0.2, 0.25) is 5.02 Å². The van der Waals surface area contributed by atoms with Crippen LogP contribution in [0, 0.1) is 0 Å². The molecule has 0 unspecified atom stereocenters. The molecule has 3 rings (SSSR count). The van der Waals surface area contributed by atoms with E-state index in [2.05, 4.69) is 8.75 Å². The number of fused-ring (bicyclic) bond motifs is 1. The summed E-state index contributed by atoms with van der Waals surface area (Å²) in [6.45, 7) is 0.233. The van der Waals surface area contributed by atoms with E-state index >= 15 is 0 Å². The molecule has 3 aromatic rings. The summed E-state index contributed by atoms with van der Waals surface area (Å²) in [5.41, 5.74) is 1.81. The first-order valence-electron chi connectivity index (χ1n) is 6.40. The molecular formula is C14H12ClN3O2S2. The molecule has 0 spiro atoms. The number of rotatable bonds is 4. The van der Waals surface area contributed by atoms with Gasteiger partial charge in [-0.3, -0.25) is 0 Å². The summed E-state index contributed by atoms with van der Waals surface area (Å²) < 4.78 is 35.0. The molecule has 0 bridgehead atoms. The molecule has 0 fully saturated rings. The zero-order valence-corrected chi connectivity index (χ0v) is 14.0. The highest BCUT2D eigenvalue weighted by Gasteiger charge is 2.24. The van der Waals surface area contributed by atoms with Gasteiger partial charge >= 0.3 is 0 Å². The minimum absolute atomic E-state index is 0.170. The number of sulfonamides is 1. The fourth-order valence-electron chi connectivity index (χ4n) is 2.13. The van der Waals surface area contributed by atoms with Crippen molar-refractivity contribution in [1.29, 1.82) is 0 Å². The monoisotopic (exact) mass is 353 g/mol. The van der Waals surface area contributed by atoms with Crippen LogP contribution in [-0.2, 0) is 16.6 Å². The van der Waals surface area contributed by atoms with Gasteiger partial charge in [0.05, 0.1) is 11.7 Å². The number of aromatic nitrogens is 2. The minimum atomic E-state index is -3.65. The lowest BCUT2D eigenvalue weighted by Crippen LogP contribution is -2.26. The van der Waals surface area contributed by atoms with Crippen LogP contribution in [0.1, 0.15) is 5.56 Å². The Morgan fingerprint density at radius 3 is 2.73 bits per heavy atom. The van der Waals surface area contributed by atoms with E-state index in [0.29, 0.717) is 16.1 Å². The Hall–Kier alpha value is -1.54. The summed E-state index contributed by atoms with van der Waals surface area (Å²) in [5, 5.41) is 0.578. The lowest BCUT2D eigenvalue weighted by atomic mass is 10.2. The Labute approximate surface area is 137 Å². The van der Waals surface area contributed by atoms with Crippen molar-refractivity contribution in [3.8, 4) is 0 Å². The van der Waals surface area contributed by atoms with Crippen LogP contribution in [0.15, 0.2) is 47.4 Å². The molecule has 0 radical (unpaired) electrons. The highest BCUT2D eigenvalue weighted by atomic mass is 35.5. The second kappa shape index (κ2) is 5.92. The van der Waals surface area contributed by atoms with Crippen molar-refractivity contribution >= 4 is 44.4 Å². The maximum atomic E-state index is 12.8. The highest BCUT2D eigenvalue weighted by molar-refractivity contribution is 7.89. The zero-order valence-electron chi connectivity index (χ0n) is 11.6. The first-order chi connectivity index (χ1) is 10.5. The molecule has 1 heterocycles. The zero-order chi connectivity index (χ0) is 15.7. The largest absolute Gasteiger partial charge is 0.245 e. The molecule has 1 aromatic heterocycles. The Bertz CT molecular complexity index is 924. The van der Waals surface area contributed by atoms with Crippen molar-refractivity contribution in [2.24, 2.45) is 0 Å². The van der Waals surface area contributed by atoms with Crippen molar-refractivity contribution in [2.75, 3.05) is 7.05 Å². The van der Waals surface area contributed by atoms with Crippen molar-refractivity contribution in [3.63, 3.8) is 0 Å². The number of benzene rings is 2. The predicted molar refractivity (Wildman–Crippen MR) is 87.5 cm³/mol. The molecule has 5 nitrogen and oxygen atoms in total. The molecule has 0 aliphatic heterocycles. The molecule has 0 saturated heterocycles. The van der Waals surface area contributed by atoms with E-state index < -0.39 is 10.0 Å². The maximum absolute atomic E-state index is 12.8. The van der Waals surface area contributed by atoms with Gasteiger partial charge in [-0.1, -0.05) is 29.8 Å². The molecule has 0 N–H and O–H groups in total. The Morgan fingerprint density at radius 2 is 1.95 bits per heavy atom. The fourth-order valence-corrected chi connectivity index (χ4v) is 4.26. The summed E-state index contributed by atoms with van der Waals surface area (Å²) in [7, 11) is -2.12. The summed E-state index contributed by atoms with van der Waals surface area (Å²) in [4.78, 5) is 0.170. The first kappa shape index (κ1) is 15.4. The van der Waals surface area contributed by atoms with Crippen molar-refractivity contribution in [1.82, 2.24) is 13.1 Å². The topological polar surface area (TPSA) is 63.2 Å². The van der Waals surface area contributed by atoms with Crippen LogP contribution in [0.4, 0.5) is 0 Å². The number of hydrogen-bond donors (Lipinski definition) is 0. The van der Waals surface area contributed by atoms with Gasteiger partial charge < -0.3 is 0 Å². The van der Waals surface area contributed by atoms with Gasteiger partial charge in [0.2, 0.25) is 10.0 Å². The fraction of sp³-hybridized carbons (Fsp3) is 0.143. The standard InChI is InChI=1S/C14H12ClN3O2S2/c1-18(9-10-4-2-5-11(15)8-10)22(19,20)13-7-3-6-12-14(13)17-21-16-12/h2-8H,9H2,1H3. The summed E-state index contributed by atoms with van der Waals surface area (Å²) in [5.74, 6) is 0. The SMILES string of the molecule is CN(Cc1cccc(Cl)c1)S(=O)(=O)c1cccc2nsnc12. The highest BCUT2D eigenvalue weighted by Crippen LogP contribution is 2.25. The van der Waals surface area contributed by atoms with Crippen LogP contribution in [0.3, 0.4) is 0 Å². The van der Waals surface area contributed by atoms with Gasteiger partial charge in [0.1, 0.15) is 15.9 Å². The van der Waals surface area contributed by atoms with E-state index in [4.69, 9.17) is 11.6 Å². The molecule has 0 saturated carbocycles. The summed E-state index contributed by atoms with van der Waals surface area (Å²) >= 11 is 6.94. The minimum Gasteiger partial charge on any atom is -0.207 e. The number of halogens is 1. The molecule has 8 heteroatoms. The van der Waals surface area contributed by atoms with Gasteiger partial charge in [0, 0.05) is 18.6 Å². The van der Waals surface area contributed by atoms with Gasteiger partial charge in [-0.05, 0) is 29.8 Å².